The van der Waals surface area contributed by atoms with Crippen LogP contribution in [0.1, 0.15) is 18.9 Å². The van der Waals surface area contributed by atoms with Gasteiger partial charge in [-0.2, -0.15) is 0 Å². The summed E-state index contributed by atoms with van der Waals surface area (Å²) in [4.78, 5) is 11.6. The Morgan fingerprint density at radius 2 is 1.94 bits per heavy atom. The SMILES string of the molecule is CCC[Si](C)(C)/C=C/C(=O)OCc1ccccc1. The zero-order chi connectivity index (χ0) is 13.4. The Morgan fingerprint density at radius 3 is 2.56 bits per heavy atom. The molecule has 0 aliphatic heterocycles. The highest BCUT2D eigenvalue weighted by Gasteiger charge is 2.15. The molecule has 1 aromatic rings. The minimum Gasteiger partial charge on any atom is -0.458 e. The summed E-state index contributed by atoms with van der Waals surface area (Å²) < 4.78 is 5.20. The van der Waals surface area contributed by atoms with Crippen molar-refractivity contribution in [2.75, 3.05) is 0 Å². The van der Waals surface area contributed by atoms with Gasteiger partial charge < -0.3 is 4.74 Å². The highest BCUT2D eigenvalue weighted by Crippen LogP contribution is 2.13. The van der Waals surface area contributed by atoms with Crippen LogP contribution >= 0.6 is 0 Å². The Balaban J connectivity index is 2.40. The normalized spacial score (nSPS) is 11.7. The Morgan fingerprint density at radius 1 is 1.28 bits per heavy atom. The van der Waals surface area contributed by atoms with Crippen LogP contribution in [0.3, 0.4) is 0 Å². The molecular formula is C15H22O2Si. The number of hydrogen-bond donors (Lipinski definition) is 0. The first-order chi connectivity index (χ1) is 8.53. The molecule has 98 valence electrons. The average molecular weight is 262 g/mol. The topological polar surface area (TPSA) is 26.3 Å². The van der Waals surface area contributed by atoms with Gasteiger partial charge >= 0.3 is 5.97 Å². The first-order valence-corrected chi connectivity index (χ1v) is 9.72. The lowest BCUT2D eigenvalue weighted by Crippen LogP contribution is -2.22. The van der Waals surface area contributed by atoms with Gasteiger partial charge in [0.1, 0.15) is 6.61 Å². The fourth-order valence-electron chi connectivity index (χ4n) is 1.80. The maximum Gasteiger partial charge on any atom is 0.330 e. The number of rotatable bonds is 6. The second-order valence-corrected chi connectivity index (χ2v) is 9.98. The van der Waals surface area contributed by atoms with Crippen molar-refractivity contribution in [3.05, 3.63) is 47.7 Å². The lowest BCUT2D eigenvalue weighted by molar-refractivity contribution is -0.139. The summed E-state index contributed by atoms with van der Waals surface area (Å²) in [5.74, 6) is -0.240. The van der Waals surface area contributed by atoms with E-state index in [-0.39, 0.29) is 5.97 Å². The van der Waals surface area contributed by atoms with E-state index in [1.54, 1.807) is 6.08 Å². The summed E-state index contributed by atoms with van der Waals surface area (Å²) in [6.07, 6.45) is 2.77. The Bertz CT molecular complexity index is 396. The summed E-state index contributed by atoms with van der Waals surface area (Å²) in [7, 11) is -1.36. The van der Waals surface area contributed by atoms with Gasteiger partial charge in [0.2, 0.25) is 0 Å². The molecule has 0 amide bonds. The molecule has 0 aliphatic carbocycles. The number of ether oxygens (including phenoxy) is 1. The zero-order valence-electron chi connectivity index (χ0n) is 11.5. The lowest BCUT2D eigenvalue weighted by atomic mass is 10.2. The van der Waals surface area contributed by atoms with Crippen molar-refractivity contribution >= 4 is 14.0 Å². The Labute approximate surface area is 111 Å². The van der Waals surface area contributed by atoms with Crippen LogP contribution in [0.2, 0.25) is 19.1 Å². The van der Waals surface area contributed by atoms with Gasteiger partial charge in [-0.05, 0) is 5.56 Å². The van der Waals surface area contributed by atoms with Crippen LogP contribution in [0.5, 0.6) is 0 Å². The summed E-state index contributed by atoms with van der Waals surface area (Å²) in [5.41, 5.74) is 3.09. The zero-order valence-corrected chi connectivity index (χ0v) is 12.5. The molecule has 0 fully saturated rings. The molecule has 0 bridgehead atoms. The molecule has 0 N–H and O–H groups in total. The molecule has 1 aromatic carbocycles. The Kier molecular flexibility index (Phi) is 5.85. The minimum atomic E-state index is -1.36. The molecule has 3 heteroatoms. The fourth-order valence-corrected chi connectivity index (χ4v) is 3.84. The standard InChI is InChI=1S/C15H22O2Si/c1-4-11-18(2,3)12-10-15(16)17-13-14-8-6-5-7-9-14/h5-10,12H,4,11,13H2,1-3H3/b12-10+. The van der Waals surface area contributed by atoms with E-state index in [0.29, 0.717) is 6.61 Å². The van der Waals surface area contributed by atoms with Crippen LogP contribution in [0.25, 0.3) is 0 Å². The van der Waals surface area contributed by atoms with Crippen LogP contribution in [-0.2, 0) is 16.1 Å². The van der Waals surface area contributed by atoms with E-state index in [0.717, 1.165) is 5.56 Å². The first-order valence-electron chi connectivity index (χ1n) is 6.43. The van der Waals surface area contributed by atoms with Crippen molar-refractivity contribution in [3.63, 3.8) is 0 Å². The third-order valence-electron chi connectivity index (χ3n) is 2.79. The van der Waals surface area contributed by atoms with Gasteiger partial charge in [0.25, 0.3) is 0 Å². The number of carbonyl (C=O) groups is 1. The molecule has 0 unspecified atom stereocenters. The van der Waals surface area contributed by atoms with Gasteiger partial charge in [0.15, 0.2) is 0 Å². The molecule has 0 spiro atoms. The van der Waals surface area contributed by atoms with E-state index in [4.69, 9.17) is 4.74 Å². The molecule has 0 saturated carbocycles. The van der Waals surface area contributed by atoms with Gasteiger partial charge in [0.05, 0.1) is 8.07 Å². The van der Waals surface area contributed by atoms with E-state index in [1.807, 2.05) is 30.3 Å². The second-order valence-electron chi connectivity index (χ2n) is 5.17. The lowest BCUT2D eigenvalue weighted by Gasteiger charge is -2.15. The van der Waals surface area contributed by atoms with Crippen molar-refractivity contribution in [1.82, 2.24) is 0 Å². The monoisotopic (exact) mass is 262 g/mol. The minimum absolute atomic E-state index is 0.240. The summed E-state index contributed by atoms with van der Waals surface area (Å²) in [5, 5.41) is 0. The van der Waals surface area contributed by atoms with Crippen LogP contribution in [0, 0.1) is 0 Å². The number of carbonyl (C=O) groups excluding carboxylic acids is 1. The molecule has 0 aromatic heterocycles. The van der Waals surface area contributed by atoms with E-state index in [1.165, 1.54) is 12.5 Å². The van der Waals surface area contributed by atoms with Gasteiger partial charge in [-0.1, -0.05) is 68.5 Å². The summed E-state index contributed by atoms with van der Waals surface area (Å²) in [6, 6.07) is 10.9. The number of benzene rings is 1. The van der Waals surface area contributed by atoms with E-state index >= 15 is 0 Å². The molecule has 0 radical (unpaired) electrons. The van der Waals surface area contributed by atoms with E-state index in [9.17, 15) is 4.79 Å². The third-order valence-corrected chi connectivity index (χ3v) is 5.65. The quantitative estimate of drug-likeness (QED) is 0.441. The van der Waals surface area contributed by atoms with Gasteiger partial charge in [0, 0.05) is 6.08 Å². The smallest absolute Gasteiger partial charge is 0.330 e. The van der Waals surface area contributed by atoms with Crippen molar-refractivity contribution in [1.29, 1.82) is 0 Å². The molecule has 0 heterocycles. The predicted molar refractivity (Wildman–Crippen MR) is 78.0 cm³/mol. The average Bonchev–Trinajstić information content (AvgIpc) is 2.35. The van der Waals surface area contributed by atoms with Gasteiger partial charge in [-0.25, -0.2) is 4.79 Å². The maximum absolute atomic E-state index is 11.6. The second kappa shape index (κ2) is 7.16. The van der Waals surface area contributed by atoms with Crippen molar-refractivity contribution in [2.24, 2.45) is 0 Å². The summed E-state index contributed by atoms with van der Waals surface area (Å²) >= 11 is 0. The molecule has 18 heavy (non-hydrogen) atoms. The molecule has 1 rings (SSSR count). The molecule has 2 nitrogen and oxygen atoms in total. The van der Waals surface area contributed by atoms with Gasteiger partial charge in [-0.15, -0.1) is 0 Å². The third kappa shape index (κ3) is 5.82. The molecule has 0 atom stereocenters. The van der Waals surface area contributed by atoms with Crippen LogP contribution in [-0.4, -0.2) is 14.0 Å². The van der Waals surface area contributed by atoms with Gasteiger partial charge in [-0.3, -0.25) is 0 Å². The van der Waals surface area contributed by atoms with Crippen molar-refractivity contribution in [3.8, 4) is 0 Å². The van der Waals surface area contributed by atoms with Crippen LogP contribution in [0.4, 0.5) is 0 Å². The highest BCUT2D eigenvalue weighted by atomic mass is 28.3. The number of esters is 1. The van der Waals surface area contributed by atoms with Crippen LogP contribution in [0.15, 0.2) is 42.1 Å². The number of hydrogen-bond acceptors (Lipinski definition) is 2. The first kappa shape index (κ1) is 14.7. The van der Waals surface area contributed by atoms with E-state index < -0.39 is 8.07 Å². The predicted octanol–water partition coefficient (Wildman–Crippen LogP) is 3.94. The van der Waals surface area contributed by atoms with Crippen molar-refractivity contribution < 1.29 is 9.53 Å². The van der Waals surface area contributed by atoms with E-state index in [2.05, 4.69) is 25.7 Å². The van der Waals surface area contributed by atoms with Crippen molar-refractivity contribution in [2.45, 2.75) is 39.1 Å². The largest absolute Gasteiger partial charge is 0.458 e. The molecular weight excluding hydrogens is 240 g/mol. The maximum atomic E-state index is 11.6. The van der Waals surface area contributed by atoms with Crippen LogP contribution < -0.4 is 0 Å². The molecule has 0 aliphatic rings. The summed E-state index contributed by atoms with van der Waals surface area (Å²) in [6.45, 7) is 7.05. The molecule has 0 saturated heterocycles. The fraction of sp³-hybridized carbons (Fsp3) is 0.400. The highest BCUT2D eigenvalue weighted by molar-refractivity contribution is 6.82. The Hall–Kier alpha value is -1.35.